The Kier molecular flexibility index (Phi) is 9.32. The minimum Gasteiger partial charge on any atom is -0.493 e. The number of aldehydes is 1. The van der Waals surface area contributed by atoms with Gasteiger partial charge in [0.2, 0.25) is 0 Å². The first-order valence-corrected chi connectivity index (χ1v) is 10.8. The predicted octanol–water partition coefficient (Wildman–Crippen LogP) is 1.47. The van der Waals surface area contributed by atoms with Crippen LogP contribution in [0.15, 0.2) is 36.5 Å². The number of hydrogen-bond donors (Lipinski definition) is 0. The standard InChI is InChI=1S/C23H27N3O9/c1-15(28)32-14-22-20(34-16(2)29)6-7-23(35-22)31-9-8-26-11-18(24-25-26)13-33-19-5-4-17(12-27)10-21(19)30-3/h4-7,10-12,20,22-23H,8-9,13-14H2,1-3H3/t20-,22+,23-/m0/s1. The van der Waals surface area contributed by atoms with E-state index < -0.39 is 30.4 Å². The first-order valence-electron chi connectivity index (χ1n) is 10.8. The molecule has 1 aliphatic heterocycles. The number of methoxy groups -OCH3 is 1. The third-order valence-corrected chi connectivity index (χ3v) is 4.77. The van der Waals surface area contributed by atoms with Crippen molar-refractivity contribution in [2.45, 2.75) is 45.5 Å². The molecule has 1 aliphatic rings. The lowest BCUT2D eigenvalue weighted by atomic mass is 10.1. The number of carbonyl (C=O) groups excluding carboxylic acids is 3. The highest BCUT2D eigenvalue weighted by molar-refractivity contribution is 5.76. The average Bonchev–Trinajstić information content (AvgIpc) is 3.29. The molecule has 1 aromatic heterocycles. The third kappa shape index (κ3) is 7.90. The van der Waals surface area contributed by atoms with Crippen molar-refractivity contribution in [3.05, 3.63) is 47.8 Å². The lowest BCUT2D eigenvalue weighted by Crippen LogP contribution is -2.42. The minimum absolute atomic E-state index is 0.0768. The van der Waals surface area contributed by atoms with Crippen LogP contribution in [0.1, 0.15) is 29.9 Å². The Hall–Kier alpha value is -3.77. The van der Waals surface area contributed by atoms with Crippen LogP contribution in [0.5, 0.6) is 11.5 Å². The Morgan fingerprint density at radius 3 is 2.71 bits per heavy atom. The molecule has 0 aliphatic carbocycles. The molecule has 0 saturated carbocycles. The van der Waals surface area contributed by atoms with E-state index in [9.17, 15) is 14.4 Å². The Bertz CT molecular complexity index is 1050. The number of rotatable bonds is 12. The molecule has 188 valence electrons. The molecule has 0 saturated heterocycles. The highest BCUT2D eigenvalue weighted by atomic mass is 16.7. The molecule has 3 rings (SSSR count). The Morgan fingerprint density at radius 1 is 1.17 bits per heavy atom. The number of ether oxygens (including phenoxy) is 6. The minimum atomic E-state index is -0.713. The summed E-state index contributed by atoms with van der Waals surface area (Å²) in [5.74, 6) is -0.0196. The fourth-order valence-electron chi connectivity index (χ4n) is 3.16. The second-order valence-corrected chi connectivity index (χ2v) is 7.47. The highest BCUT2D eigenvalue weighted by Crippen LogP contribution is 2.28. The zero-order valence-electron chi connectivity index (χ0n) is 19.6. The SMILES string of the molecule is COc1cc(C=O)ccc1OCc1cn(CCO[C@@H]2C=C[C@H](OC(C)=O)[C@@H](COC(C)=O)O2)nn1. The zero-order chi connectivity index (χ0) is 25.2. The van der Waals surface area contributed by atoms with Crippen LogP contribution < -0.4 is 9.47 Å². The maximum absolute atomic E-state index is 11.3. The van der Waals surface area contributed by atoms with E-state index >= 15 is 0 Å². The summed E-state index contributed by atoms with van der Waals surface area (Å²) in [7, 11) is 1.49. The van der Waals surface area contributed by atoms with Crippen molar-refractivity contribution in [1.29, 1.82) is 0 Å². The maximum atomic E-state index is 11.3. The molecule has 1 aromatic carbocycles. The molecule has 0 radical (unpaired) electrons. The van der Waals surface area contributed by atoms with E-state index in [-0.39, 0.29) is 19.8 Å². The summed E-state index contributed by atoms with van der Waals surface area (Å²) in [5.41, 5.74) is 1.07. The van der Waals surface area contributed by atoms with E-state index in [4.69, 9.17) is 28.4 Å². The first-order chi connectivity index (χ1) is 16.9. The number of carbonyl (C=O) groups is 3. The fraction of sp³-hybridized carbons (Fsp3) is 0.435. The second kappa shape index (κ2) is 12.6. The lowest BCUT2D eigenvalue weighted by molar-refractivity contribution is -0.197. The van der Waals surface area contributed by atoms with Gasteiger partial charge >= 0.3 is 11.9 Å². The summed E-state index contributed by atoms with van der Waals surface area (Å²) in [6.45, 7) is 3.29. The van der Waals surface area contributed by atoms with E-state index in [1.807, 2.05) is 0 Å². The van der Waals surface area contributed by atoms with Gasteiger partial charge in [0.1, 0.15) is 37.4 Å². The van der Waals surface area contributed by atoms with Crippen molar-refractivity contribution in [3.8, 4) is 11.5 Å². The number of benzene rings is 1. The number of nitrogens with zero attached hydrogens (tertiary/aromatic N) is 3. The molecule has 0 amide bonds. The van der Waals surface area contributed by atoms with Crippen molar-refractivity contribution in [2.24, 2.45) is 0 Å². The van der Waals surface area contributed by atoms with Gasteiger partial charge in [0.25, 0.3) is 0 Å². The molecular weight excluding hydrogens is 462 g/mol. The van der Waals surface area contributed by atoms with Crippen molar-refractivity contribution >= 4 is 18.2 Å². The van der Waals surface area contributed by atoms with Crippen molar-refractivity contribution in [2.75, 3.05) is 20.3 Å². The van der Waals surface area contributed by atoms with Gasteiger partial charge in [-0.1, -0.05) is 5.21 Å². The number of hydrogen-bond acceptors (Lipinski definition) is 11. The van der Waals surface area contributed by atoms with E-state index in [0.29, 0.717) is 29.3 Å². The van der Waals surface area contributed by atoms with E-state index in [0.717, 1.165) is 6.29 Å². The van der Waals surface area contributed by atoms with E-state index in [1.54, 1.807) is 41.2 Å². The van der Waals surface area contributed by atoms with Crippen molar-refractivity contribution in [1.82, 2.24) is 15.0 Å². The summed E-state index contributed by atoms with van der Waals surface area (Å²) < 4.78 is 34.2. The van der Waals surface area contributed by atoms with Crippen LogP contribution in [0.2, 0.25) is 0 Å². The van der Waals surface area contributed by atoms with Gasteiger partial charge in [-0.3, -0.25) is 14.4 Å². The van der Waals surface area contributed by atoms with Gasteiger partial charge in [-0.25, -0.2) is 4.68 Å². The molecule has 2 aromatic rings. The molecule has 12 nitrogen and oxygen atoms in total. The van der Waals surface area contributed by atoms with Crippen LogP contribution in [-0.4, -0.2) is 72.0 Å². The van der Waals surface area contributed by atoms with Crippen LogP contribution in [0, 0.1) is 0 Å². The van der Waals surface area contributed by atoms with Crippen LogP contribution in [0.4, 0.5) is 0 Å². The van der Waals surface area contributed by atoms with Crippen LogP contribution >= 0.6 is 0 Å². The Labute approximate surface area is 201 Å². The largest absolute Gasteiger partial charge is 0.493 e. The highest BCUT2D eigenvalue weighted by Gasteiger charge is 2.31. The Morgan fingerprint density at radius 2 is 2.00 bits per heavy atom. The van der Waals surface area contributed by atoms with Gasteiger partial charge in [-0.05, 0) is 30.4 Å². The molecule has 2 heterocycles. The summed E-state index contributed by atoms with van der Waals surface area (Å²) in [5, 5.41) is 8.11. The molecule has 35 heavy (non-hydrogen) atoms. The van der Waals surface area contributed by atoms with Crippen molar-refractivity contribution in [3.63, 3.8) is 0 Å². The van der Waals surface area contributed by atoms with Crippen LogP contribution in [0.3, 0.4) is 0 Å². The lowest BCUT2D eigenvalue weighted by Gasteiger charge is -2.31. The van der Waals surface area contributed by atoms with Gasteiger partial charge in [-0.15, -0.1) is 5.10 Å². The maximum Gasteiger partial charge on any atom is 0.303 e. The smallest absolute Gasteiger partial charge is 0.303 e. The van der Waals surface area contributed by atoms with Gasteiger partial charge < -0.3 is 28.4 Å². The molecule has 0 unspecified atom stereocenters. The quantitative estimate of drug-likeness (QED) is 0.243. The molecule has 0 spiro atoms. The number of aromatic nitrogens is 3. The summed E-state index contributed by atoms with van der Waals surface area (Å²) in [4.78, 5) is 33.3. The molecule has 0 fully saturated rings. The first kappa shape index (κ1) is 25.8. The summed E-state index contributed by atoms with van der Waals surface area (Å²) in [6, 6.07) is 4.87. The summed E-state index contributed by atoms with van der Waals surface area (Å²) in [6.07, 6.45) is 3.63. The van der Waals surface area contributed by atoms with Crippen molar-refractivity contribution < 1.29 is 42.8 Å². The normalized spacial score (nSPS) is 19.1. The average molecular weight is 489 g/mol. The topological polar surface area (TPSA) is 137 Å². The molecular formula is C23H27N3O9. The van der Waals surface area contributed by atoms with Gasteiger partial charge in [0.15, 0.2) is 17.8 Å². The molecule has 12 heteroatoms. The van der Waals surface area contributed by atoms with E-state index in [2.05, 4.69) is 10.3 Å². The van der Waals surface area contributed by atoms with Crippen LogP contribution in [-0.2, 0) is 41.7 Å². The monoisotopic (exact) mass is 489 g/mol. The number of esters is 2. The second-order valence-electron chi connectivity index (χ2n) is 7.47. The third-order valence-electron chi connectivity index (χ3n) is 4.77. The van der Waals surface area contributed by atoms with Gasteiger partial charge in [0.05, 0.1) is 26.5 Å². The molecule has 0 N–H and O–H groups in total. The van der Waals surface area contributed by atoms with Gasteiger partial charge in [0, 0.05) is 19.4 Å². The van der Waals surface area contributed by atoms with Gasteiger partial charge in [-0.2, -0.15) is 0 Å². The fourth-order valence-corrected chi connectivity index (χ4v) is 3.16. The van der Waals surface area contributed by atoms with Crippen LogP contribution in [0.25, 0.3) is 0 Å². The Balaban J connectivity index is 1.48. The molecule has 0 bridgehead atoms. The molecule has 3 atom stereocenters. The van der Waals surface area contributed by atoms with E-state index in [1.165, 1.54) is 21.0 Å². The predicted molar refractivity (Wildman–Crippen MR) is 119 cm³/mol. The summed E-state index contributed by atoms with van der Waals surface area (Å²) >= 11 is 0. The zero-order valence-corrected chi connectivity index (χ0v) is 19.6.